The first-order valence-electron chi connectivity index (χ1n) is 4.16. The Morgan fingerprint density at radius 1 is 1.31 bits per heavy atom. The Morgan fingerprint density at radius 3 is 1.85 bits per heavy atom. The molecule has 0 aromatic heterocycles. The van der Waals surface area contributed by atoms with Gasteiger partial charge in [0.25, 0.3) is 0 Å². The molecule has 0 fully saturated rings. The summed E-state index contributed by atoms with van der Waals surface area (Å²) >= 11 is 0. The Labute approximate surface area is 108 Å². The Kier molecular flexibility index (Phi) is 13.1. The van der Waals surface area contributed by atoms with Gasteiger partial charge in [-0.1, -0.05) is 38.5 Å². The van der Waals surface area contributed by atoms with Crippen molar-refractivity contribution in [1.82, 2.24) is 0 Å². The van der Waals surface area contributed by atoms with Gasteiger partial charge in [-0.25, -0.2) is 0 Å². The molecule has 0 spiro atoms. The molecular weight excluding hydrogens is 256 g/mol. The zero-order valence-electron chi connectivity index (χ0n) is 8.27. The summed E-state index contributed by atoms with van der Waals surface area (Å²) in [6.07, 6.45) is 1.27. The third-order valence-corrected chi connectivity index (χ3v) is 1.87. The first-order chi connectivity index (χ1) is 5.66. The van der Waals surface area contributed by atoms with Crippen molar-refractivity contribution < 1.29 is 37.8 Å². The van der Waals surface area contributed by atoms with Crippen molar-refractivity contribution in [2.75, 3.05) is 0 Å². The second kappa shape index (κ2) is 10.6. The number of phenolic OH excluding ortho intramolecular Hbond substituents is 1. The molecule has 0 heterocycles. The number of para-hydroxylation sites is 1. The van der Waals surface area contributed by atoms with Gasteiger partial charge in [0.1, 0.15) is 5.75 Å². The van der Waals surface area contributed by atoms with Crippen LogP contribution in [0.15, 0.2) is 30.3 Å². The Hall–Kier alpha value is 0.554. The van der Waals surface area contributed by atoms with Gasteiger partial charge in [-0.3, -0.25) is 0 Å². The SMILES string of the molecule is CCC(C)P.Oc1ccccc1.[Y]. The van der Waals surface area contributed by atoms with E-state index >= 15 is 0 Å². The van der Waals surface area contributed by atoms with Crippen LogP contribution >= 0.6 is 9.24 Å². The molecule has 71 valence electrons. The van der Waals surface area contributed by atoms with E-state index in [-0.39, 0.29) is 32.7 Å². The van der Waals surface area contributed by atoms with Gasteiger partial charge >= 0.3 is 0 Å². The molecular formula is C10H17OPY. The van der Waals surface area contributed by atoms with Gasteiger partial charge in [-0.15, -0.1) is 9.24 Å². The van der Waals surface area contributed by atoms with Crippen LogP contribution in [0.1, 0.15) is 20.3 Å². The average Bonchev–Trinajstić information content (AvgIpc) is 2.07. The zero-order chi connectivity index (χ0) is 9.40. The molecule has 0 saturated carbocycles. The van der Waals surface area contributed by atoms with E-state index in [1.807, 2.05) is 6.07 Å². The van der Waals surface area contributed by atoms with E-state index in [0.29, 0.717) is 5.75 Å². The van der Waals surface area contributed by atoms with Crippen molar-refractivity contribution in [2.45, 2.75) is 25.9 Å². The number of hydrogen-bond donors (Lipinski definition) is 1. The summed E-state index contributed by atoms with van der Waals surface area (Å²) in [5.41, 5.74) is 0.801. The van der Waals surface area contributed by atoms with E-state index in [1.165, 1.54) is 6.42 Å². The fourth-order valence-electron chi connectivity index (χ4n) is 0.428. The second-order valence-electron chi connectivity index (χ2n) is 2.72. The molecule has 1 aromatic carbocycles. The van der Waals surface area contributed by atoms with Crippen LogP contribution in [0.4, 0.5) is 0 Å². The predicted molar refractivity (Wildman–Crippen MR) is 57.6 cm³/mol. The Balaban J connectivity index is 0. The topological polar surface area (TPSA) is 20.2 Å². The number of aromatic hydroxyl groups is 1. The molecule has 1 rings (SSSR count). The summed E-state index contributed by atoms with van der Waals surface area (Å²) in [4.78, 5) is 0. The van der Waals surface area contributed by atoms with Gasteiger partial charge in [0.15, 0.2) is 0 Å². The minimum absolute atomic E-state index is 0. The van der Waals surface area contributed by atoms with Crippen LogP contribution in [-0.4, -0.2) is 10.8 Å². The molecule has 1 radical (unpaired) electrons. The van der Waals surface area contributed by atoms with Gasteiger partial charge in [-0.05, 0) is 17.8 Å². The molecule has 0 aliphatic heterocycles. The van der Waals surface area contributed by atoms with Crippen LogP contribution in [-0.2, 0) is 32.7 Å². The first kappa shape index (κ1) is 16.0. The molecule has 2 atom stereocenters. The molecule has 1 nitrogen and oxygen atoms in total. The molecule has 1 aromatic rings. The van der Waals surface area contributed by atoms with Crippen molar-refractivity contribution in [2.24, 2.45) is 0 Å². The van der Waals surface area contributed by atoms with Crippen molar-refractivity contribution >= 4 is 9.24 Å². The first-order valence-corrected chi connectivity index (χ1v) is 4.83. The monoisotopic (exact) mass is 273 g/mol. The standard InChI is InChI=1S/C6H6O.C4H11P.Y/c7-6-4-2-1-3-5-6;1-3-4(2)5;/h1-5,7H;4H,3,5H2,1-2H3;. The molecule has 13 heavy (non-hydrogen) atoms. The van der Waals surface area contributed by atoms with Crippen molar-refractivity contribution in [3.05, 3.63) is 30.3 Å². The second-order valence-corrected chi connectivity index (χ2v) is 3.86. The minimum atomic E-state index is 0. The maximum Gasteiger partial charge on any atom is 0.115 e. The fourth-order valence-corrected chi connectivity index (χ4v) is 0.428. The fraction of sp³-hybridized carbons (Fsp3) is 0.400. The zero-order valence-corrected chi connectivity index (χ0v) is 12.3. The van der Waals surface area contributed by atoms with E-state index in [4.69, 9.17) is 5.11 Å². The van der Waals surface area contributed by atoms with Gasteiger partial charge < -0.3 is 5.11 Å². The number of benzene rings is 1. The normalized spacial score (nSPS) is 10.4. The molecule has 0 amide bonds. The smallest absolute Gasteiger partial charge is 0.115 e. The summed E-state index contributed by atoms with van der Waals surface area (Å²) in [5, 5.41) is 8.63. The van der Waals surface area contributed by atoms with Gasteiger partial charge in [0, 0.05) is 32.7 Å². The van der Waals surface area contributed by atoms with Crippen molar-refractivity contribution in [3.8, 4) is 5.75 Å². The molecule has 0 bridgehead atoms. The van der Waals surface area contributed by atoms with Crippen LogP contribution < -0.4 is 0 Å². The van der Waals surface area contributed by atoms with E-state index in [2.05, 4.69) is 23.1 Å². The molecule has 1 N–H and O–H groups in total. The third-order valence-electron chi connectivity index (χ3n) is 1.40. The Morgan fingerprint density at radius 2 is 1.69 bits per heavy atom. The molecule has 2 unspecified atom stereocenters. The van der Waals surface area contributed by atoms with Gasteiger partial charge in [-0.2, -0.15) is 0 Å². The van der Waals surface area contributed by atoms with Crippen LogP contribution in [0.25, 0.3) is 0 Å². The molecule has 3 heteroatoms. The van der Waals surface area contributed by atoms with Crippen LogP contribution in [0.2, 0.25) is 0 Å². The minimum Gasteiger partial charge on any atom is -0.508 e. The third kappa shape index (κ3) is 12.6. The number of rotatable bonds is 1. The predicted octanol–water partition coefficient (Wildman–Crippen LogP) is 3.05. The summed E-state index contributed by atoms with van der Waals surface area (Å²) in [6, 6.07) is 8.71. The van der Waals surface area contributed by atoms with Crippen molar-refractivity contribution in [1.29, 1.82) is 0 Å². The van der Waals surface area contributed by atoms with Gasteiger partial charge in [0.05, 0.1) is 0 Å². The summed E-state index contributed by atoms with van der Waals surface area (Å²) in [6.45, 7) is 4.36. The number of hydrogen-bond acceptors (Lipinski definition) is 1. The van der Waals surface area contributed by atoms with E-state index in [9.17, 15) is 0 Å². The maximum atomic E-state index is 8.63. The van der Waals surface area contributed by atoms with E-state index in [0.717, 1.165) is 5.66 Å². The average molecular weight is 273 g/mol. The number of phenols is 1. The Bertz CT molecular complexity index is 189. The summed E-state index contributed by atoms with van der Waals surface area (Å²) < 4.78 is 0. The van der Waals surface area contributed by atoms with E-state index < -0.39 is 0 Å². The largest absolute Gasteiger partial charge is 0.508 e. The molecule has 0 saturated heterocycles. The van der Waals surface area contributed by atoms with Crippen LogP contribution in [0.3, 0.4) is 0 Å². The van der Waals surface area contributed by atoms with Crippen LogP contribution in [0, 0.1) is 0 Å². The van der Waals surface area contributed by atoms with Crippen LogP contribution in [0.5, 0.6) is 5.75 Å². The summed E-state index contributed by atoms with van der Waals surface area (Å²) in [7, 11) is 2.73. The summed E-state index contributed by atoms with van der Waals surface area (Å²) in [5.74, 6) is 0.322. The van der Waals surface area contributed by atoms with Crippen molar-refractivity contribution in [3.63, 3.8) is 0 Å². The van der Waals surface area contributed by atoms with Gasteiger partial charge in [0.2, 0.25) is 0 Å². The van der Waals surface area contributed by atoms with E-state index in [1.54, 1.807) is 24.3 Å². The quantitative estimate of drug-likeness (QED) is 0.780. The molecule has 0 aliphatic carbocycles. The molecule has 0 aliphatic rings. The maximum absolute atomic E-state index is 8.63.